The molecule has 0 fully saturated rings. The summed E-state index contributed by atoms with van der Waals surface area (Å²) < 4.78 is 40.3. The van der Waals surface area contributed by atoms with Gasteiger partial charge in [-0.1, -0.05) is 34.1 Å². The van der Waals surface area contributed by atoms with Crippen LogP contribution in [0.25, 0.3) is 0 Å². The Kier molecular flexibility index (Phi) is 3.80. The predicted molar refractivity (Wildman–Crippen MR) is 68.9 cm³/mol. The van der Waals surface area contributed by atoms with Crippen LogP contribution in [0.15, 0.2) is 51.9 Å². The van der Waals surface area contributed by atoms with E-state index in [0.717, 1.165) is 6.07 Å². The number of hydrogen-bond donors (Lipinski definition) is 0. The van der Waals surface area contributed by atoms with Gasteiger partial charge in [-0.25, -0.2) is 0 Å². The Hall–Kier alpha value is -1.56. The molecular formula is C13H9BrF3NO. The second kappa shape index (κ2) is 5.21. The summed E-state index contributed by atoms with van der Waals surface area (Å²) in [5, 5.41) is 0. The summed E-state index contributed by atoms with van der Waals surface area (Å²) in [7, 11) is 0. The molecule has 0 atom stereocenters. The Balaban J connectivity index is 2.42. The van der Waals surface area contributed by atoms with Gasteiger partial charge in [-0.3, -0.25) is 4.79 Å². The van der Waals surface area contributed by atoms with Gasteiger partial charge in [-0.2, -0.15) is 13.2 Å². The number of pyridine rings is 1. The Morgan fingerprint density at radius 3 is 2.47 bits per heavy atom. The van der Waals surface area contributed by atoms with Crippen LogP contribution in [0.2, 0.25) is 0 Å². The maximum atomic E-state index is 12.8. The van der Waals surface area contributed by atoms with Crippen molar-refractivity contribution in [2.45, 2.75) is 12.7 Å². The van der Waals surface area contributed by atoms with Crippen molar-refractivity contribution in [2.75, 3.05) is 0 Å². The lowest BCUT2D eigenvalue weighted by molar-refractivity contribution is -0.138. The largest absolute Gasteiger partial charge is 0.416 e. The van der Waals surface area contributed by atoms with Gasteiger partial charge < -0.3 is 4.57 Å². The van der Waals surface area contributed by atoms with Gasteiger partial charge in [0, 0.05) is 16.7 Å². The van der Waals surface area contributed by atoms with Gasteiger partial charge >= 0.3 is 6.18 Å². The smallest absolute Gasteiger partial charge is 0.311 e. The van der Waals surface area contributed by atoms with E-state index in [1.807, 2.05) is 0 Å². The Bertz CT molecular complexity index is 649. The van der Waals surface area contributed by atoms with Gasteiger partial charge in [0.2, 0.25) is 0 Å². The quantitative estimate of drug-likeness (QED) is 0.822. The molecule has 0 unspecified atom stereocenters. The highest BCUT2D eigenvalue weighted by Gasteiger charge is 2.32. The molecule has 0 saturated heterocycles. The van der Waals surface area contributed by atoms with E-state index in [0.29, 0.717) is 4.47 Å². The molecule has 2 rings (SSSR count). The van der Waals surface area contributed by atoms with Crippen molar-refractivity contribution in [3.05, 3.63) is 68.5 Å². The van der Waals surface area contributed by atoms with Crippen molar-refractivity contribution >= 4 is 15.9 Å². The molecule has 0 saturated carbocycles. The lowest BCUT2D eigenvalue weighted by Crippen LogP contribution is -2.20. The van der Waals surface area contributed by atoms with Gasteiger partial charge in [0.05, 0.1) is 12.1 Å². The van der Waals surface area contributed by atoms with Crippen LogP contribution in [0.3, 0.4) is 0 Å². The molecule has 1 heterocycles. The molecule has 0 aliphatic rings. The molecule has 1 aromatic carbocycles. The van der Waals surface area contributed by atoms with E-state index < -0.39 is 11.7 Å². The number of aromatic nitrogens is 1. The average Bonchev–Trinajstić information content (AvgIpc) is 2.32. The summed E-state index contributed by atoms with van der Waals surface area (Å²) in [6.45, 7) is -0.109. The monoisotopic (exact) mass is 331 g/mol. The van der Waals surface area contributed by atoms with E-state index in [1.165, 1.54) is 35.0 Å². The molecule has 0 amide bonds. The molecule has 0 spiro atoms. The van der Waals surface area contributed by atoms with Crippen LogP contribution < -0.4 is 5.56 Å². The van der Waals surface area contributed by atoms with Crippen molar-refractivity contribution in [1.29, 1.82) is 0 Å². The summed E-state index contributed by atoms with van der Waals surface area (Å²) >= 11 is 3.13. The van der Waals surface area contributed by atoms with Crippen LogP contribution in [0.5, 0.6) is 0 Å². The Morgan fingerprint density at radius 1 is 1.16 bits per heavy atom. The van der Waals surface area contributed by atoms with Crippen LogP contribution in [-0.4, -0.2) is 4.57 Å². The van der Waals surface area contributed by atoms with Crippen LogP contribution in [0, 0.1) is 0 Å². The SMILES string of the molecule is O=c1cc(Br)ccn1Cc1ccccc1C(F)(F)F. The number of benzene rings is 1. The van der Waals surface area contributed by atoms with Gasteiger partial charge in [-0.05, 0) is 17.7 Å². The van der Waals surface area contributed by atoms with E-state index >= 15 is 0 Å². The second-order valence-corrected chi connectivity index (χ2v) is 4.88. The van der Waals surface area contributed by atoms with E-state index in [9.17, 15) is 18.0 Å². The third kappa shape index (κ3) is 3.26. The minimum absolute atomic E-state index is 0.0689. The highest BCUT2D eigenvalue weighted by atomic mass is 79.9. The van der Waals surface area contributed by atoms with E-state index in [1.54, 1.807) is 6.07 Å². The van der Waals surface area contributed by atoms with Crippen molar-refractivity contribution < 1.29 is 13.2 Å². The second-order valence-electron chi connectivity index (χ2n) is 3.97. The number of alkyl halides is 3. The highest BCUT2D eigenvalue weighted by molar-refractivity contribution is 9.10. The standard InChI is InChI=1S/C13H9BrF3NO/c14-10-5-6-18(12(19)7-10)8-9-3-1-2-4-11(9)13(15,16)17/h1-7H,8H2. The summed E-state index contributed by atoms with van der Waals surface area (Å²) in [5.41, 5.74) is -1.00. The van der Waals surface area contributed by atoms with Crippen molar-refractivity contribution in [3.63, 3.8) is 0 Å². The van der Waals surface area contributed by atoms with Gasteiger partial charge in [-0.15, -0.1) is 0 Å². The molecule has 19 heavy (non-hydrogen) atoms. The minimum Gasteiger partial charge on any atom is -0.311 e. The number of halogens is 4. The molecule has 2 nitrogen and oxygen atoms in total. The molecule has 6 heteroatoms. The van der Waals surface area contributed by atoms with Crippen molar-refractivity contribution in [2.24, 2.45) is 0 Å². The van der Waals surface area contributed by atoms with Crippen LogP contribution in [0.1, 0.15) is 11.1 Å². The topological polar surface area (TPSA) is 22.0 Å². The predicted octanol–water partition coefficient (Wildman–Crippen LogP) is 3.68. The fourth-order valence-electron chi connectivity index (χ4n) is 1.73. The summed E-state index contributed by atoms with van der Waals surface area (Å²) in [6, 6.07) is 8.16. The molecule has 0 radical (unpaired) electrons. The Labute approximate surface area is 115 Å². The average molecular weight is 332 g/mol. The third-order valence-electron chi connectivity index (χ3n) is 2.62. The normalized spacial score (nSPS) is 11.6. The van der Waals surface area contributed by atoms with E-state index in [4.69, 9.17) is 0 Å². The molecule has 2 aromatic rings. The van der Waals surface area contributed by atoms with Gasteiger partial charge in [0.25, 0.3) is 5.56 Å². The molecule has 1 aromatic heterocycles. The zero-order chi connectivity index (χ0) is 14.0. The molecular weight excluding hydrogens is 323 g/mol. The molecule has 0 N–H and O–H groups in total. The number of rotatable bonds is 2. The fourth-order valence-corrected chi connectivity index (χ4v) is 2.05. The van der Waals surface area contributed by atoms with Gasteiger partial charge in [0.15, 0.2) is 0 Å². The molecule has 0 aliphatic heterocycles. The number of nitrogens with zero attached hydrogens (tertiary/aromatic N) is 1. The first kappa shape index (κ1) is 13.9. The lowest BCUT2D eigenvalue weighted by Gasteiger charge is -2.13. The summed E-state index contributed by atoms with van der Waals surface area (Å²) in [4.78, 5) is 11.7. The maximum Gasteiger partial charge on any atom is 0.416 e. The third-order valence-corrected chi connectivity index (χ3v) is 3.11. The van der Waals surface area contributed by atoms with Crippen molar-refractivity contribution in [1.82, 2.24) is 4.57 Å². The molecule has 100 valence electrons. The summed E-state index contributed by atoms with van der Waals surface area (Å²) in [6.07, 6.45) is -2.96. The van der Waals surface area contributed by atoms with E-state index in [-0.39, 0.29) is 17.7 Å². The first-order valence-corrected chi connectivity index (χ1v) is 6.18. The van der Waals surface area contributed by atoms with E-state index in [2.05, 4.69) is 15.9 Å². The summed E-state index contributed by atoms with van der Waals surface area (Å²) in [5.74, 6) is 0. The zero-order valence-electron chi connectivity index (χ0n) is 9.62. The molecule has 0 aliphatic carbocycles. The van der Waals surface area contributed by atoms with Gasteiger partial charge in [0.1, 0.15) is 0 Å². The lowest BCUT2D eigenvalue weighted by atomic mass is 10.1. The highest BCUT2D eigenvalue weighted by Crippen LogP contribution is 2.32. The first-order valence-electron chi connectivity index (χ1n) is 5.39. The van der Waals surface area contributed by atoms with Crippen molar-refractivity contribution in [3.8, 4) is 0 Å². The Morgan fingerprint density at radius 2 is 1.84 bits per heavy atom. The minimum atomic E-state index is -4.42. The van der Waals surface area contributed by atoms with Crippen LogP contribution in [0.4, 0.5) is 13.2 Å². The first-order chi connectivity index (χ1) is 8.88. The van der Waals surface area contributed by atoms with Crippen LogP contribution >= 0.6 is 15.9 Å². The van der Waals surface area contributed by atoms with Crippen LogP contribution in [-0.2, 0) is 12.7 Å². The number of hydrogen-bond acceptors (Lipinski definition) is 1. The molecule has 0 bridgehead atoms. The zero-order valence-corrected chi connectivity index (χ0v) is 11.2. The fraction of sp³-hybridized carbons (Fsp3) is 0.154. The maximum absolute atomic E-state index is 12.8.